The van der Waals surface area contributed by atoms with Gasteiger partial charge in [-0.2, -0.15) is 0 Å². The number of hydrogen-bond donors (Lipinski definition) is 2. The lowest BCUT2D eigenvalue weighted by molar-refractivity contribution is -0.127. The minimum Gasteiger partial charge on any atom is -0.497 e. The van der Waals surface area contributed by atoms with E-state index in [0.717, 1.165) is 28.8 Å². The Hall–Kier alpha value is -4.27. The van der Waals surface area contributed by atoms with Gasteiger partial charge >= 0.3 is 0 Å². The molecule has 3 aromatic rings. The van der Waals surface area contributed by atoms with E-state index in [4.69, 9.17) is 20.6 Å². The van der Waals surface area contributed by atoms with Crippen molar-refractivity contribution in [3.8, 4) is 11.5 Å². The lowest BCUT2D eigenvalue weighted by Crippen LogP contribution is -2.47. The topological polar surface area (TPSA) is 114 Å². The number of nitrogens with two attached hydrogens (primary N) is 1. The summed E-state index contributed by atoms with van der Waals surface area (Å²) in [7, 11) is 5.09. The molecule has 9 heteroatoms. The summed E-state index contributed by atoms with van der Waals surface area (Å²) in [5.74, 6) is 1.39. The fourth-order valence-electron chi connectivity index (χ4n) is 5.77. The minimum atomic E-state index is -0.466. The quantitative estimate of drug-likeness (QED) is 0.485. The molecule has 0 atom stereocenters. The van der Waals surface area contributed by atoms with Crippen LogP contribution >= 0.6 is 0 Å². The summed E-state index contributed by atoms with van der Waals surface area (Å²) in [6.07, 6.45) is 4.56. The first-order valence-electron chi connectivity index (χ1n) is 12.7. The number of allylic oxidation sites excluding steroid dienone is 1. The molecule has 3 N–H and O–H groups in total. The van der Waals surface area contributed by atoms with E-state index in [1.807, 2.05) is 63.9 Å². The Bertz CT molecular complexity index is 1450. The van der Waals surface area contributed by atoms with E-state index in [9.17, 15) is 9.59 Å². The van der Waals surface area contributed by atoms with Gasteiger partial charge in [0.2, 0.25) is 5.91 Å². The van der Waals surface area contributed by atoms with Gasteiger partial charge in [0.1, 0.15) is 17.2 Å². The number of aromatic nitrogens is 1. The number of piperidine rings is 1. The fourth-order valence-corrected chi connectivity index (χ4v) is 5.77. The van der Waals surface area contributed by atoms with Crippen molar-refractivity contribution in [3.05, 3.63) is 59.9 Å². The molecule has 0 unspecified atom stereocenters. The highest BCUT2D eigenvalue weighted by Crippen LogP contribution is 2.44. The number of likely N-dealkylation sites (tertiary alicyclic amines) is 1. The number of ether oxygens (including phenoxy) is 2. The maximum atomic E-state index is 13.7. The van der Waals surface area contributed by atoms with Crippen LogP contribution in [-0.4, -0.2) is 61.3 Å². The Morgan fingerprint density at radius 2 is 1.76 bits per heavy atom. The number of fused-ring (bicyclic) bond motifs is 1. The second-order valence-corrected chi connectivity index (χ2v) is 9.94. The molecular weight excluding hydrogens is 482 g/mol. The van der Waals surface area contributed by atoms with Crippen LogP contribution in [0.5, 0.6) is 11.5 Å². The number of carbonyl (C=O) groups is 2. The number of nitrogens with zero attached hydrogens (tertiary/aromatic N) is 3. The Morgan fingerprint density at radius 1 is 1.03 bits per heavy atom. The molecular formula is C29H33N5O4. The number of nitrogens with one attached hydrogen (secondary N) is 1. The first kappa shape index (κ1) is 25.4. The number of rotatable bonds is 6. The minimum absolute atomic E-state index is 0.0184. The van der Waals surface area contributed by atoms with Crippen molar-refractivity contribution >= 4 is 40.2 Å². The normalized spacial score (nSPS) is 17.3. The summed E-state index contributed by atoms with van der Waals surface area (Å²) in [5, 5.41) is 8.57. The van der Waals surface area contributed by atoms with Crippen LogP contribution in [0.15, 0.2) is 48.7 Å². The highest BCUT2D eigenvalue weighted by molar-refractivity contribution is 6.09. The van der Waals surface area contributed by atoms with Gasteiger partial charge in [-0.1, -0.05) is 0 Å². The van der Waals surface area contributed by atoms with E-state index >= 15 is 0 Å². The second kappa shape index (κ2) is 9.89. The van der Waals surface area contributed by atoms with E-state index in [1.165, 1.54) is 12.4 Å². The maximum absolute atomic E-state index is 13.7. The summed E-state index contributed by atoms with van der Waals surface area (Å²) in [4.78, 5) is 30.8. The van der Waals surface area contributed by atoms with Crippen molar-refractivity contribution in [1.82, 2.24) is 9.47 Å². The summed E-state index contributed by atoms with van der Waals surface area (Å²) in [5.41, 5.74) is 8.77. The van der Waals surface area contributed by atoms with Crippen LogP contribution in [0.3, 0.4) is 0 Å². The van der Waals surface area contributed by atoms with Crippen LogP contribution in [0.2, 0.25) is 0 Å². The monoisotopic (exact) mass is 515 g/mol. The van der Waals surface area contributed by atoms with E-state index < -0.39 is 5.41 Å². The molecule has 2 fully saturated rings. The number of carbonyl (C=O) groups excluding carboxylic acids is 2. The predicted octanol–water partition coefficient (Wildman–Crippen LogP) is 3.80. The molecule has 2 aliphatic heterocycles. The number of aryl methyl sites for hydroxylation is 1. The zero-order valence-electron chi connectivity index (χ0n) is 22.0. The zero-order chi connectivity index (χ0) is 27.0. The SMILES string of the molecule is COc1ccc2cc(C(=O)N3CCC4(CC3)CCN(c3ccc(/C(C=N)=C/N)c(OC)c3)C4=O)n(C)c2c1. The smallest absolute Gasteiger partial charge is 0.270 e. The highest BCUT2D eigenvalue weighted by Gasteiger charge is 2.49. The summed E-state index contributed by atoms with van der Waals surface area (Å²) >= 11 is 0. The van der Waals surface area contributed by atoms with Gasteiger partial charge in [0.25, 0.3) is 5.91 Å². The van der Waals surface area contributed by atoms with Crippen LogP contribution in [0, 0.1) is 10.8 Å². The van der Waals surface area contributed by atoms with E-state index in [-0.39, 0.29) is 11.8 Å². The van der Waals surface area contributed by atoms with Gasteiger partial charge in [0, 0.05) is 73.4 Å². The number of methoxy groups -OCH3 is 2. The molecule has 1 aromatic heterocycles. The number of hydrogen-bond acceptors (Lipinski definition) is 6. The molecule has 1 spiro atoms. The molecule has 2 amide bonds. The molecule has 0 aliphatic carbocycles. The molecule has 3 heterocycles. The summed E-state index contributed by atoms with van der Waals surface area (Å²) in [6.45, 7) is 1.69. The van der Waals surface area contributed by atoms with Crippen molar-refractivity contribution in [2.24, 2.45) is 18.2 Å². The van der Waals surface area contributed by atoms with Crippen LogP contribution in [0.25, 0.3) is 16.5 Å². The lowest BCUT2D eigenvalue weighted by Gasteiger charge is -2.38. The number of amides is 2. The average molecular weight is 516 g/mol. The van der Waals surface area contributed by atoms with Crippen LogP contribution in [0.1, 0.15) is 35.3 Å². The lowest BCUT2D eigenvalue weighted by atomic mass is 9.77. The molecule has 0 bridgehead atoms. The fraction of sp³-hybridized carbons (Fsp3) is 0.345. The third kappa shape index (κ3) is 4.08. The predicted molar refractivity (Wildman–Crippen MR) is 148 cm³/mol. The summed E-state index contributed by atoms with van der Waals surface area (Å²) < 4.78 is 12.8. The van der Waals surface area contributed by atoms with Gasteiger partial charge in [0.05, 0.1) is 25.2 Å². The van der Waals surface area contributed by atoms with Gasteiger partial charge in [0.15, 0.2) is 0 Å². The maximum Gasteiger partial charge on any atom is 0.270 e. The molecule has 198 valence electrons. The third-order valence-corrected chi connectivity index (χ3v) is 8.14. The molecule has 0 radical (unpaired) electrons. The zero-order valence-corrected chi connectivity index (χ0v) is 22.0. The number of benzene rings is 2. The molecule has 5 rings (SSSR count). The largest absolute Gasteiger partial charge is 0.497 e. The van der Waals surface area contributed by atoms with Gasteiger partial charge in [-0.05, 0) is 49.6 Å². The van der Waals surface area contributed by atoms with Crippen molar-refractivity contribution < 1.29 is 19.1 Å². The highest BCUT2D eigenvalue weighted by atomic mass is 16.5. The Morgan fingerprint density at radius 3 is 2.42 bits per heavy atom. The van der Waals surface area contributed by atoms with Crippen molar-refractivity contribution in [3.63, 3.8) is 0 Å². The van der Waals surface area contributed by atoms with Crippen LogP contribution in [0.4, 0.5) is 5.69 Å². The summed E-state index contributed by atoms with van der Waals surface area (Å²) in [6, 6.07) is 13.2. The van der Waals surface area contributed by atoms with Gasteiger partial charge < -0.3 is 35.0 Å². The van der Waals surface area contributed by atoms with Gasteiger partial charge in [-0.25, -0.2) is 0 Å². The molecule has 0 saturated carbocycles. The van der Waals surface area contributed by atoms with Crippen LogP contribution < -0.4 is 20.1 Å². The van der Waals surface area contributed by atoms with Gasteiger partial charge in [-0.3, -0.25) is 9.59 Å². The molecule has 38 heavy (non-hydrogen) atoms. The van der Waals surface area contributed by atoms with Crippen molar-refractivity contribution in [1.29, 1.82) is 5.41 Å². The second-order valence-electron chi connectivity index (χ2n) is 9.94. The Balaban J connectivity index is 1.31. The average Bonchev–Trinajstić information content (AvgIpc) is 3.45. The van der Waals surface area contributed by atoms with E-state index in [2.05, 4.69) is 0 Å². The van der Waals surface area contributed by atoms with Crippen LogP contribution in [-0.2, 0) is 11.8 Å². The van der Waals surface area contributed by atoms with Gasteiger partial charge in [-0.15, -0.1) is 0 Å². The number of anilines is 1. The molecule has 2 aromatic carbocycles. The Kier molecular flexibility index (Phi) is 6.60. The molecule has 2 saturated heterocycles. The van der Waals surface area contributed by atoms with Crippen molar-refractivity contribution in [2.75, 3.05) is 38.8 Å². The first-order chi connectivity index (χ1) is 18.4. The molecule has 9 nitrogen and oxygen atoms in total. The Labute approximate surface area is 221 Å². The van der Waals surface area contributed by atoms with Crippen molar-refractivity contribution in [2.45, 2.75) is 19.3 Å². The van der Waals surface area contributed by atoms with E-state index in [1.54, 1.807) is 14.2 Å². The van der Waals surface area contributed by atoms with E-state index in [0.29, 0.717) is 55.1 Å². The third-order valence-electron chi connectivity index (χ3n) is 8.14. The molecule has 2 aliphatic rings. The standard InChI is InChI=1S/C29H33N5O4/c1-32-24-16-22(37-2)6-4-19(24)14-25(32)27(35)33-11-8-29(9-12-33)10-13-34(28(29)36)21-5-7-23(20(17-30)18-31)26(15-21)38-3/h4-7,14-18,30H,8-13,31H2,1-3H3/b20-18+,30-17?. The first-order valence-corrected chi connectivity index (χ1v) is 12.7.